The van der Waals surface area contributed by atoms with Gasteiger partial charge in [-0.05, 0) is 19.8 Å². The molecule has 0 aliphatic carbocycles. The minimum Gasteiger partial charge on any atom is -0.462 e. The van der Waals surface area contributed by atoms with E-state index in [0.29, 0.717) is 18.4 Å². The number of hydrogen-bond acceptors (Lipinski definition) is 5. The summed E-state index contributed by atoms with van der Waals surface area (Å²) >= 11 is 0. The predicted molar refractivity (Wildman–Crippen MR) is 65.8 cm³/mol. The highest BCUT2D eigenvalue weighted by Crippen LogP contribution is 2.04. The number of rotatable bonds is 9. The van der Waals surface area contributed by atoms with Crippen molar-refractivity contribution in [3.63, 3.8) is 0 Å². The second-order valence-electron chi connectivity index (χ2n) is 3.67. The van der Waals surface area contributed by atoms with E-state index >= 15 is 0 Å². The van der Waals surface area contributed by atoms with E-state index in [4.69, 9.17) is 4.74 Å². The molecule has 0 N–H and O–H groups in total. The van der Waals surface area contributed by atoms with Crippen molar-refractivity contribution in [3.05, 3.63) is 24.8 Å². The zero-order valence-corrected chi connectivity index (χ0v) is 10.6. The lowest BCUT2D eigenvalue weighted by Gasteiger charge is -2.06. The van der Waals surface area contributed by atoms with Crippen molar-refractivity contribution in [1.29, 1.82) is 0 Å². The first-order valence-electron chi connectivity index (χ1n) is 5.58. The number of allylic oxidation sites excluding steroid dienone is 1. The highest BCUT2D eigenvalue weighted by Gasteiger charge is 2.09. The smallest absolute Gasteiger partial charge is 0.333 e. The summed E-state index contributed by atoms with van der Waals surface area (Å²) in [6.07, 6.45) is 2.57. The van der Waals surface area contributed by atoms with Gasteiger partial charge in [0.15, 0.2) is 0 Å². The van der Waals surface area contributed by atoms with Gasteiger partial charge in [-0.2, -0.15) is 0 Å². The monoisotopic (exact) mass is 254 g/mol. The molecule has 18 heavy (non-hydrogen) atoms. The molecule has 0 spiro atoms. The normalized spacial score (nSPS) is 9.39. The minimum absolute atomic E-state index is 0.0460. The van der Waals surface area contributed by atoms with Gasteiger partial charge in [0, 0.05) is 5.57 Å². The van der Waals surface area contributed by atoms with Gasteiger partial charge in [0.25, 0.3) is 0 Å². The Labute approximate surface area is 106 Å². The van der Waals surface area contributed by atoms with E-state index in [9.17, 15) is 14.4 Å². The predicted octanol–water partition coefficient (Wildman–Crippen LogP) is 1.57. The molecule has 0 atom stereocenters. The Morgan fingerprint density at radius 3 is 2.33 bits per heavy atom. The second-order valence-corrected chi connectivity index (χ2v) is 3.67. The number of ether oxygens (including phenoxy) is 2. The maximum Gasteiger partial charge on any atom is 0.333 e. The van der Waals surface area contributed by atoms with Gasteiger partial charge in [-0.15, -0.1) is 6.58 Å². The summed E-state index contributed by atoms with van der Waals surface area (Å²) in [5.41, 5.74) is 0.352. The minimum atomic E-state index is -0.621. The van der Waals surface area contributed by atoms with Gasteiger partial charge in [-0.3, -0.25) is 9.59 Å². The second kappa shape index (κ2) is 9.15. The molecule has 5 heteroatoms. The van der Waals surface area contributed by atoms with Crippen LogP contribution in [0.3, 0.4) is 0 Å². The summed E-state index contributed by atoms with van der Waals surface area (Å²) in [6.45, 7) is 8.29. The van der Waals surface area contributed by atoms with E-state index < -0.39 is 11.9 Å². The Bertz CT molecular complexity index is 343. The Kier molecular flexibility index (Phi) is 8.18. The molecule has 0 aliphatic heterocycles. The summed E-state index contributed by atoms with van der Waals surface area (Å²) in [5, 5.41) is 0. The number of esters is 2. The molecule has 0 rings (SSSR count). The molecule has 0 aliphatic rings. The molecule has 0 aromatic carbocycles. The molecule has 0 fully saturated rings. The molecular weight excluding hydrogens is 236 g/mol. The standard InChI is InChI=1S/C13H18O5/c1-4-5-6-10(2)13(16)18-8-7-17-12(15)9-11(3)14/h4H,1-2,5-9H2,3H3. The van der Waals surface area contributed by atoms with Crippen LogP contribution in [0.2, 0.25) is 0 Å². The van der Waals surface area contributed by atoms with Crippen LogP contribution in [0.5, 0.6) is 0 Å². The zero-order chi connectivity index (χ0) is 14.0. The molecule has 0 bridgehead atoms. The van der Waals surface area contributed by atoms with Gasteiger partial charge in [0.2, 0.25) is 0 Å². The Morgan fingerprint density at radius 2 is 1.78 bits per heavy atom. The van der Waals surface area contributed by atoms with Crippen LogP contribution in [0.4, 0.5) is 0 Å². The van der Waals surface area contributed by atoms with Gasteiger partial charge in [-0.25, -0.2) is 4.79 Å². The molecular formula is C13H18O5. The number of ketones is 1. The number of Topliss-reactive ketones (excluding diaryl/α,β-unsaturated/α-hetero) is 1. The first-order valence-corrected chi connectivity index (χ1v) is 5.58. The SMILES string of the molecule is C=CCCC(=C)C(=O)OCCOC(=O)CC(C)=O. The van der Waals surface area contributed by atoms with Gasteiger partial charge in [-0.1, -0.05) is 12.7 Å². The fraction of sp³-hybridized carbons (Fsp3) is 0.462. The Balaban J connectivity index is 3.68. The topological polar surface area (TPSA) is 69.7 Å². The van der Waals surface area contributed by atoms with Crippen LogP contribution >= 0.6 is 0 Å². The van der Waals surface area contributed by atoms with Crippen molar-refractivity contribution in [2.45, 2.75) is 26.2 Å². The largest absolute Gasteiger partial charge is 0.462 e. The van der Waals surface area contributed by atoms with Crippen LogP contribution in [0, 0.1) is 0 Å². The molecule has 0 saturated carbocycles. The number of carbonyl (C=O) groups is 3. The summed E-state index contributed by atoms with van der Waals surface area (Å²) in [6, 6.07) is 0. The number of hydrogen-bond donors (Lipinski definition) is 0. The van der Waals surface area contributed by atoms with E-state index in [1.165, 1.54) is 6.92 Å². The van der Waals surface area contributed by atoms with Crippen LogP contribution in [0.1, 0.15) is 26.2 Å². The van der Waals surface area contributed by atoms with Crippen molar-refractivity contribution in [2.24, 2.45) is 0 Å². The summed E-state index contributed by atoms with van der Waals surface area (Å²) in [5.74, 6) is -1.40. The zero-order valence-electron chi connectivity index (χ0n) is 10.6. The maximum atomic E-state index is 11.3. The van der Waals surface area contributed by atoms with E-state index in [-0.39, 0.29) is 25.4 Å². The lowest BCUT2D eigenvalue weighted by atomic mass is 10.2. The van der Waals surface area contributed by atoms with Gasteiger partial charge in [0.1, 0.15) is 25.4 Å². The first kappa shape index (κ1) is 16.1. The van der Waals surface area contributed by atoms with Crippen LogP contribution in [0.25, 0.3) is 0 Å². The molecule has 0 aromatic heterocycles. The highest BCUT2D eigenvalue weighted by atomic mass is 16.6. The molecule has 0 aromatic rings. The Hall–Kier alpha value is -1.91. The number of carbonyl (C=O) groups excluding carboxylic acids is 3. The van der Waals surface area contributed by atoms with Gasteiger partial charge < -0.3 is 9.47 Å². The fourth-order valence-corrected chi connectivity index (χ4v) is 1.02. The molecule has 0 saturated heterocycles. The van der Waals surface area contributed by atoms with E-state index in [1.54, 1.807) is 6.08 Å². The molecule has 0 amide bonds. The molecule has 0 unspecified atom stereocenters. The lowest BCUT2D eigenvalue weighted by molar-refractivity contribution is -0.151. The van der Waals surface area contributed by atoms with Crippen LogP contribution < -0.4 is 0 Å². The third-order valence-corrected chi connectivity index (χ3v) is 1.91. The van der Waals surface area contributed by atoms with E-state index in [1.807, 2.05) is 0 Å². The van der Waals surface area contributed by atoms with Gasteiger partial charge >= 0.3 is 11.9 Å². The molecule has 5 nitrogen and oxygen atoms in total. The van der Waals surface area contributed by atoms with Crippen molar-refractivity contribution in [3.8, 4) is 0 Å². The third kappa shape index (κ3) is 8.27. The Morgan fingerprint density at radius 1 is 1.17 bits per heavy atom. The molecule has 0 heterocycles. The fourth-order valence-electron chi connectivity index (χ4n) is 1.02. The van der Waals surface area contributed by atoms with Crippen LogP contribution in [-0.4, -0.2) is 30.9 Å². The van der Waals surface area contributed by atoms with Crippen molar-refractivity contribution in [1.82, 2.24) is 0 Å². The summed E-state index contributed by atoms with van der Waals surface area (Å²) < 4.78 is 9.50. The maximum absolute atomic E-state index is 11.3. The van der Waals surface area contributed by atoms with E-state index in [2.05, 4.69) is 17.9 Å². The molecule has 0 radical (unpaired) electrons. The summed E-state index contributed by atoms with van der Waals surface area (Å²) in [4.78, 5) is 32.9. The molecule has 100 valence electrons. The van der Waals surface area contributed by atoms with Crippen LogP contribution in [0.15, 0.2) is 24.8 Å². The van der Waals surface area contributed by atoms with Crippen LogP contribution in [-0.2, 0) is 23.9 Å². The highest BCUT2D eigenvalue weighted by molar-refractivity contribution is 5.94. The third-order valence-electron chi connectivity index (χ3n) is 1.91. The quantitative estimate of drug-likeness (QED) is 0.205. The lowest BCUT2D eigenvalue weighted by Crippen LogP contribution is -2.16. The first-order chi connectivity index (χ1) is 8.47. The average molecular weight is 254 g/mol. The van der Waals surface area contributed by atoms with Gasteiger partial charge in [0.05, 0.1) is 0 Å². The van der Waals surface area contributed by atoms with Crippen molar-refractivity contribution in [2.75, 3.05) is 13.2 Å². The summed E-state index contributed by atoms with van der Waals surface area (Å²) in [7, 11) is 0. The van der Waals surface area contributed by atoms with Crippen molar-refractivity contribution >= 4 is 17.7 Å². The van der Waals surface area contributed by atoms with Crippen molar-refractivity contribution < 1.29 is 23.9 Å². The average Bonchev–Trinajstić information content (AvgIpc) is 2.30. The van der Waals surface area contributed by atoms with E-state index in [0.717, 1.165) is 0 Å².